The first-order valence-corrected chi connectivity index (χ1v) is 12.7. The molecule has 0 saturated heterocycles. The Morgan fingerprint density at radius 3 is 2.71 bits per heavy atom. The molecular weight excluding hydrogens is 490 g/mol. The van der Waals surface area contributed by atoms with Crippen LogP contribution in [0.25, 0.3) is 22.3 Å². The van der Waals surface area contributed by atoms with Gasteiger partial charge in [-0.15, -0.1) is 0 Å². The van der Waals surface area contributed by atoms with Crippen molar-refractivity contribution in [2.75, 3.05) is 32.5 Å². The van der Waals surface area contributed by atoms with E-state index >= 15 is 0 Å². The number of halogens is 2. The van der Waals surface area contributed by atoms with Crippen LogP contribution in [0.2, 0.25) is 0 Å². The van der Waals surface area contributed by atoms with Gasteiger partial charge in [0.05, 0.1) is 18.3 Å². The number of aryl methyl sites for hydroxylation is 1. The SMILES string of the molecule is Cc1nc2c(F)cc(-c3nc(Nc4ccc5c(n4)CCN(CC(=O)N(C)C)C5)ncc3F)cc2n1C1CC1. The topological polar surface area (TPSA) is 92.1 Å². The van der Waals surface area contributed by atoms with Crippen LogP contribution in [0.5, 0.6) is 0 Å². The highest BCUT2D eigenvalue weighted by Gasteiger charge is 2.28. The van der Waals surface area contributed by atoms with Crippen LogP contribution in [0.4, 0.5) is 20.5 Å². The molecule has 1 aromatic carbocycles. The zero-order chi connectivity index (χ0) is 26.6. The van der Waals surface area contributed by atoms with Gasteiger partial charge >= 0.3 is 0 Å². The van der Waals surface area contributed by atoms with E-state index in [0.29, 0.717) is 42.5 Å². The predicted octanol–water partition coefficient (Wildman–Crippen LogP) is 4.00. The molecule has 1 amide bonds. The Labute approximate surface area is 218 Å². The van der Waals surface area contributed by atoms with Crippen LogP contribution in [0, 0.1) is 18.6 Å². The second kappa shape index (κ2) is 9.39. The number of hydrogen-bond donors (Lipinski definition) is 1. The summed E-state index contributed by atoms with van der Waals surface area (Å²) in [5.74, 6) is 0.350. The van der Waals surface area contributed by atoms with Gasteiger partial charge in [0.2, 0.25) is 11.9 Å². The molecule has 2 aliphatic rings. The number of amides is 1. The minimum atomic E-state index is -0.644. The lowest BCUT2D eigenvalue weighted by molar-refractivity contribution is -0.130. The summed E-state index contributed by atoms with van der Waals surface area (Å²) >= 11 is 0. The van der Waals surface area contributed by atoms with Gasteiger partial charge in [-0.25, -0.2) is 28.7 Å². The fourth-order valence-electron chi connectivity index (χ4n) is 4.96. The Balaban J connectivity index is 1.25. The molecule has 0 bridgehead atoms. The molecule has 4 aromatic rings. The highest BCUT2D eigenvalue weighted by molar-refractivity contribution is 5.83. The van der Waals surface area contributed by atoms with Crippen LogP contribution in [-0.4, -0.2) is 67.4 Å². The lowest BCUT2D eigenvalue weighted by atomic mass is 10.1. The van der Waals surface area contributed by atoms with E-state index in [1.54, 1.807) is 25.1 Å². The first kappa shape index (κ1) is 24.4. The monoisotopic (exact) mass is 518 g/mol. The summed E-state index contributed by atoms with van der Waals surface area (Å²) in [6.45, 7) is 3.60. The third kappa shape index (κ3) is 4.58. The summed E-state index contributed by atoms with van der Waals surface area (Å²) in [7, 11) is 3.50. The van der Waals surface area contributed by atoms with Crippen molar-refractivity contribution in [2.45, 2.75) is 38.8 Å². The van der Waals surface area contributed by atoms with Gasteiger partial charge in [0.15, 0.2) is 11.6 Å². The van der Waals surface area contributed by atoms with E-state index in [1.165, 1.54) is 6.07 Å². The number of aromatic nitrogens is 5. The van der Waals surface area contributed by atoms with Gasteiger partial charge in [0, 0.05) is 50.9 Å². The number of carbonyl (C=O) groups is 1. The van der Waals surface area contributed by atoms with Crippen molar-refractivity contribution in [2.24, 2.45) is 0 Å². The molecule has 0 atom stereocenters. The second-order valence-corrected chi connectivity index (χ2v) is 10.2. The quantitative estimate of drug-likeness (QED) is 0.413. The number of benzene rings is 1. The zero-order valence-electron chi connectivity index (χ0n) is 21.5. The number of nitrogens with one attached hydrogen (secondary N) is 1. The fraction of sp³-hybridized carbons (Fsp3) is 0.370. The summed E-state index contributed by atoms with van der Waals surface area (Å²) in [5, 5.41) is 3.06. The molecule has 0 unspecified atom stereocenters. The predicted molar refractivity (Wildman–Crippen MR) is 139 cm³/mol. The molecule has 196 valence electrons. The molecule has 1 aliphatic heterocycles. The van der Waals surface area contributed by atoms with Gasteiger partial charge in [-0.3, -0.25) is 9.69 Å². The molecular formula is C27H28F2N8O. The van der Waals surface area contributed by atoms with Crippen LogP contribution in [0.15, 0.2) is 30.5 Å². The Kier molecular flexibility index (Phi) is 6.02. The van der Waals surface area contributed by atoms with Crippen molar-refractivity contribution in [3.8, 4) is 11.3 Å². The molecule has 1 saturated carbocycles. The number of carbonyl (C=O) groups excluding carboxylic acids is 1. The number of imidazole rings is 1. The van der Waals surface area contributed by atoms with E-state index in [4.69, 9.17) is 4.98 Å². The minimum absolute atomic E-state index is 0.00339. The molecule has 38 heavy (non-hydrogen) atoms. The van der Waals surface area contributed by atoms with E-state index in [9.17, 15) is 13.6 Å². The highest BCUT2D eigenvalue weighted by Crippen LogP contribution is 2.40. The number of fused-ring (bicyclic) bond motifs is 2. The molecule has 3 aromatic heterocycles. The van der Waals surface area contributed by atoms with E-state index < -0.39 is 11.6 Å². The average Bonchev–Trinajstić information content (AvgIpc) is 3.66. The second-order valence-electron chi connectivity index (χ2n) is 10.2. The number of pyridine rings is 1. The van der Waals surface area contributed by atoms with Crippen molar-refractivity contribution in [1.82, 2.24) is 34.3 Å². The molecule has 6 rings (SSSR count). The average molecular weight is 519 g/mol. The molecule has 1 N–H and O–H groups in total. The van der Waals surface area contributed by atoms with E-state index in [1.807, 2.05) is 23.6 Å². The van der Waals surface area contributed by atoms with Crippen LogP contribution in [0.1, 0.15) is 36.0 Å². The van der Waals surface area contributed by atoms with E-state index in [-0.39, 0.29) is 23.1 Å². The maximum atomic E-state index is 15.0. The Morgan fingerprint density at radius 2 is 1.95 bits per heavy atom. The van der Waals surface area contributed by atoms with Gasteiger partial charge in [-0.2, -0.15) is 0 Å². The number of likely N-dealkylation sites (N-methyl/N-ethyl adjacent to an activating group) is 1. The van der Waals surface area contributed by atoms with E-state index in [0.717, 1.165) is 42.7 Å². The lowest BCUT2D eigenvalue weighted by Crippen LogP contribution is -2.39. The van der Waals surface area contributed by atoms with Crippen LogP contribution in [-0.2, 0) is 17.8 Å². The molecule has 0 spiro atoms. The van der Waals surface area contributed by atoms with Crippen molar-refractivity contribution < 1.29 is 13.6 Å². The Bertz CT molecular complexity index is 1560. The third-order valence-corrected chi connectivity index (χ3v) is 7.08. The molecule has 9 nitrogen and oxygen atoms in total. The minimum Gasteiger partial charge on any atom is -0.348 e. The molecule has 1 fully saturated rings. The van der Waals surface area contributed by atoms with Gasteiger partial charge in [0.25, 0.3) is 0 Å². The summed E-state index contributed by atoms with van der Waals surface area (Å²) in [5.41, 5.74) is 3.25. The van der Waals surface area contributed by atoms with Crippen LogP contribution >= 0.6 is 0 Å². The molecule has 0 radical (unpaired) electrons. The Hall–Kier alpha value is -3.99. The third-order valence-electron chi connectivity index (χ3n) is 7.08. The normalized spacial score (nSPS) is 15.5. The maximum absolute atomic E-state index is 15.0. The van der Waals surface area contributed by atoms with E-state index in [2.05, 4.69) is 25.2 Å². The van der Waals surface area contributed by atoms with Crippen molar-refractivity contribution in [3.63, 3.8) is 0 Å². The molecule has 4 heterocycles. The van der Waals surface area contributed by atoms with Crippen molar-refractivity contribution in [3.05, 3.63) is 59.2 Å². The fourth-order valence-corrected chi connectivity index (χ4v) is 4.96. The summed E-state index contributed by atoms with van der Waals surface area (Å²) < 4.78 is 31.9. The Morgan fingerprint density at radius 1 is 1.13 bits per heavy atom. The van der Waals surface area contributed by atoms with Gasteiger partial charge in [0.1, 0.15) is 22.9 Å². The largest absolute Gasteiger partial charge is 0.348 e. The van der Waals surface area contributed by atoms with Gasteiger partial charge in [-0.05, 0) is 43.5 Å². The van der Waals surface area contributed by atoms with Gasteiger partial charge in [-0.1, -0.05) is 6.07 Å². The highest BCUT2D eigenvalue weighted by atomic mass is 19.1. The standard InChI is InChI=1S/C27H28F2N8O/c1-15-31-26-19(28)10-17(11-22(26)37(15)18-5-6-18)25-20(29)12-30-27(34-25)33-23-7-4-16-13-36(9-8-21(16)32-23)14-24(38)35(2)3/h4,7,10-12,18H,5-6,8-9,13-14H2,1-3H3,(H,30,32,33,34). The number of rotatable bonds is 6. The molecule has 1 aliphatic carbocycles. The van der Waals surface area contributed by atoms with Crippen LogP contribution < -0.4 is 5.32 Å². The summed E-state index contributed by atoms with van der Waals surface area (Å²) in [4.78, 5) is 33.3. The van der Waals surface area contributed by atoms with Crippen molar-refractivity contribution >= 4 is 28.7 Å². The first-order valence-electron chi connectivity index (χ1n) is 12.7. The molecule has 11 heteroatoms. The van der Waals surface area contributed by atoms with Crippen molar-refractivity contribution in [1.29, 1.82) is 0 Å². The number of hydrogen-bond acceptors (Lipinski definition) is 7. The summed E-state index contributed by atoms with van der Waals surface area (Å²) in [6.07, 6.45) is 3.82. The van der Waals surface area contributed by atoms with Crippen LogP contribution in [0.3, 0.4) is 0 Å². The maximum Gasteiger partial charge on any atom is 0.236 e. The smallest absolute Gasteiger partial charge is 0.236 e. The number of anilines is 2. The summed E-state index contributed by atoms with van der Waals surface area (Å²) in [6, 6.07) is 7.09. The van der Waals surface area contributed by atoms with Gasteiger partial charge < -0.3 is 14.8 Å². The zero-order valence-corrected chi connectivity index (χ0v) is 21.5. The first-order chi connectivity index (χ1) is 18.3. The lowest BCUT2D eigenvalue weighted by Gasteiger charge is -2.28. The number of nitrogens with zero attached hydrogens (tertiary/aromatic N) is 7.